The van der Waals surface area contributed by atoms with Crippen molar-refractivity contribution in [3.05, 3.63) is 5.15 Å². The van der Waals surface area contributed by atoms with E-state index in [0.717, 1.165) is 0 Å². The molecule has 1 aromatic rings. The molecule has 24 heavy (non-hydrogen) atoms. The van der Waals surface area contributed by atoms with Crippen LogP contribution in [0.1, 0.15) is 13.8 Å². The van der Waals surface area contributed by atoms with E-state index in [1.165, 1.54) is 0 Å². The fourth-order valence-electron chi connectivity index (χ4n) is 1.53. The average molecular weight is 374 g/mol. The van der Waals surface area contributed by atoms with Crippen LogP contribution in [0.3, 0.4) is 0 Å². The number of nitrogen functional groups attached to an aromatic ring is 1. The lowest BCUT2D eigenvalue weighted by atomic mass is 10.1. The number of aliphatic hydroxyl groups excluding tert-OH is 1. The Kier molecular flexibility index (Phi) is 7.39. The minimum atomic E-state index is -4.43. The van der Waals surface area contributed by atoms with E-state index in [1.807, 2.05) is 0 Å². The summed E-state index contributed by atoms with van der Waals surface area (Å²) in [6, 6.07) is 0. The van der Waals surface area contributed by atoms with E-state index >= 15 is 0 Å². The van der Waals surface area contributed by atoms with Crippen molar-refractivity contribution in [3.8, 4) is 0 Å². The van der Waals surface area contributed by atoms with Crippen molar-refractivity contribution < 1.29 is 27.8 Å². The van der Waals surface area contributed by atoms with Gasteiger partial charge in [-0.3, -0.25) is 0 Å². The van der Waals surface area contributed by atoms with E-state index in [1.54, 1.807) is 13.8 Å². The van der Waals surface area contributed by atoms with Crippen molar-refractivity contribution in [1.82, 2.24) is 15.2 Å². The average Bonchev–Trinajstić information content (AvgIpc) is 2.41. The molecule has 0 unspecified atom stereocenters. The van der Waals surface area contributed by atoms with Gasteiger partial charge in [0.05, 0.1) is 25.4 Å². The molecule has 0 aliphatic rings. The van der Waals surface area contributed by atoms with Crippen molar-refractivity contribution in [2.45, 2.75) is 31.7 Å². The summed E-state index contributed by atoms with van der Waals surface area (Å²) < 4.78 is 45.3. The molecule has 1 atom stereocenters. The third-order valence-electron chi connectivity index (χ3n) is 2.47. The molecule has 0 aromatic carbocycles. The number of alkyl halides is 3. The highest BCUT2D eigenvalue weighted by Crippen LogP contribution is 2.16. The van der Waals surface area contributed by atoms with Crippen LogP contribution in [-0.2, 0) is 9.47 Å². The van der Waals surface area contributed by atoms with Gasteiger partial charge in [-0.25, -0.2) is 0 Å². The maximum Gasteiger partial charge on any atom is 0.411 e. The number of hydrogen-bond acceptors (Lipinski definition) is 8. The van der Waals surface area contributed by atoms with Crippen LogP contribution >= 0.6 is 11.6 Å². The third-order valence-corrected chi connectivity index (χ3v) is 2.74. The number of nitrogens with two attached hydrogens (primary N) is 1. The maximum atomic E-state index is 11.9. The molecule has 1 rings (SSSR count). The molecule has 0 fully saturated rings. The van der Waals surface area contributed by atoms with Crippen molar-refractivity contribution in [3.63, 3.8) is 0 Å². The molecular weight excluding hydrogens is 355 g/mol. The SMILES string of the molecule is CC(C)(COC[C@H](O)COCC(F)(F)F)Nc1nnc(Cl)c(N)n1. The highest BCUT2D eigenvalue weighted by atomic mass is 35.5. The number of halogens is 4. The highest BCUT2D eigenvalue weighted by Gasteiger charge is 2.28. The Labute approximate surface area is 141 Å². The van der Waals surface area contributed by atoms with Crippen LogP contribution in [0.5, 0.6) is 0 Å². The van der Waals surface area contributed by atoms with Gasteiger partial charge < -0.3 is 25.6 Å². The molecule has 0 saturated carbocycles. The topological polar surface area (TPSA) is 115 Å². The van der Waals surface area contributed by atoms with Gasteiger partial charge in [0.25, 0.3) is 0 Å². The fraction of sp³-hybridized carbons (Fsp3) is 0.750. The Morgan fingerprint density at radius 1 is 1.21 bits per heavy atom. The second-order valence-electron chi connectivity index (χ2n) is 5.62. The second kappa shape index (κ2) is 8.60. The summed E-state index contributed by atoms with van der Waals surface area (Å²) in [5.41, 5.74) is 4.85. The summed E-state index contributed by atoms with van der Waals surface area (Å²) in [4.78, 5) is 3.89. The molecule has 1 aromatic heterocycles. The first kappa shape index (κ1) is 20.6. The van der Waals surface area contributed by atoms with Gasteiger partial charge in [0, 0.05) is 0 Å². The first-order chi connectivity index (χ1) is 11.0. The molecule has 1 heterocycles. The van der Waals surface area contributed by atoms with E-state index in [2.05, 4.69) is 25.2 Å². The summed E-state index contributed by atoms with van der Waals surface area (Å²) in [5.74, 6) is 0.155. The lowest BCUT2D eigenvalue weighted by Crippen LogP contribution is -2.38. The zero-order chi connectivity index (χ0) is 18.4. The van der Waals surface area contributed by atoms with Gasteiger partial charge in [0.15, 0.2) is 11.0 Å². The summed E-state index contributed by atoms with van der Waals surface area (Å²) in [6.45, 7) is 1.54. The van der Waals surface area contributed by atoms with Crippen LogP contribution in [0.4, 0.5) is 24.9 Å². The van der Waals surface area contributed by atoms with Crippen molar-refractivity contribution in [1.29, 1.82) is 0 Å². The molecule has 0 aliphatic carbocycles. The van der Waals surface area contributed by atoms with Crippen molar-refractivity contribution in [2.75, 3.05) is 37.5 Å². The number of rotatable bonds is 9. The lowest BCUT2D eigenvalue weighted by Gasteiger charge is -2.26. The normalized spacial score (nSPS) is 13.8. The van der Waals surface area contributed by atoms with E-state index in [0.29, 0.717) is 0 Å². The van der Waals surface area contributed by atoms with Crippen LogP contribution in [0.15, 0.2) is 0 Å². The second-order valence-corrected chi connectivity index (χ2v) is 5.98. The number of aromatic nitrogens is 3. The number of nitrogens with one attached hydrogen (secondary N) is 1. The van der Waals surface area contributed by atoms with E-state index in [-0.39, 0.29) is 30.1 Å². The van der Waals surface area contributed by atoms with E-state index < -0.39 is 31.0 Å². The first-order valence-electron chi connectivity index (χ1n) is 6.83. The Balaban J connectivity index is 2.33. The van der Waals surface area contributed by atoms with Crippen LogP contribution in [0, 0.1) is 0 Å². The fourth-order valence-corrected chi connectivity index (χ4v) is 1.61. The third kappa shape index (κ3) is 8.43. The van der Waals surface area contributed by atoms with Gasteiger partial charge in [0.2, 0.25) is 5.95 Å². The van der Waals surface area contributed by atoms with Gasteiger partial charge in [0.1, 0.15) is 12.7 Å². The molecule has 0 aliphatic heterocycles. The van der Waals surface area contributed by atoms with E-state index in [4.69, 9.17) is 22.1 Å². The summed E-state index contributed by atoms with van der Waals surface area (Å²) in [5, 5.41) is 19.7. The molecule has 12 heteroatoms. The number of aliphatic hydroxyl groups is 1. The van der Waals surface area contributed by atoms with Crippen LogP contribution in [-0.4, -0.2) is 64.5 Å². The quantitative estimate of drug-likeness (QED) is 0.592. The summed E-state index contributed by atoms with van der Waals surface area (Å²) in [6.07, 6.45) is -5.60. The minimum Gasteiger partial charge on any atom is -0.388 e. The predicted octanol–water partition coefficient (Wildman–Crippen LogP) is 1.25. The molecule has 4 N–H and O–H groups in total. The molecule has 8 nitrogen and oxygen atoms in total. The van der Waals surface area contributed by atoms with Crippen LogP contribution < -0.4 is 11.1 Å². The largest absolute Gasteiger partial charge is 0.411 e. The molecule has 0 bridgehead atoms. The standard InChI is InChI=1S/C12H19ClF3N5O3/c1-11(2,19-10-18-9(17)8(13)20-21-10)5-23-3-7(22)4-24-6-12(14,15)16/h7,22H,3-6H2,1-2H3,(H3,17,18,19,21)/t7-/m0/s1. The lowest BCUT2D eigenvalue weighted by molar-refractivity contribution is -0.180. The van der Waals surface area contributed by atoms with Gasteiger partial charge in [-0.05, 0) is 13.8 Å². The van der Waals surface area contributed by atoms with Gasteiger partial charge in [-0.2, -0.15) is 18.2 Å². The molecule has 0 saturated heterocycles. The Bertz CT molecular complexity index is 533. The van der Waals surface area contributed by atoms with Gasteiger partial charge >= 0.3 is 6.18 Å². The zero-order valence-corrected chi connectivity index (χ0v) is 13.9. The smallest absolute Gasteiger partial charge is 0.388 e. The van der Waals surface area contributed by atoms with Gasteiger partial charge in [-0.1, -0.05) is 11.6 Å². The summed E-state index contributed by atoms with van der Waals surface area (Å²) in [7, 11) is 0. The zero-order valence-electron chi connectivity index (χ0n) is 13.1. The Hall–Kier alpha value is -1.43. The van der Waals surface area contributed by atoms with E-state index in [9.17, 15) is 18.3 Å². The molecule has 0 radical (unpaired) electrons. The Morgan fingerprint density at radius 3 is 2.33 bits per heavy atom. The number of anilines is 2. The number of hydrogen-bond donors (Lipinski definition) is 3. The minimum absolute atomic E-state index is 0.0168. The highest BCUT2D eigenvalue weighted by molar-refractivity contribution is 6.31. The van der Waals surface area contributed by atoms with Crippen LogP contribution in [0.2, 0.25) is 5.15 Å². The summed E-state index contributed by atoms with van der Waals surface area (Å²) >= 11 is 5.62. The molecule has 138 valence electrons. The van der Waals surface area contributed by atoms with Crippen LogP contribution in [0.25, 0.3) is 0 Å². The predicted molar refractivity (Wildman–Crippen MR) is 80.7 cm³/mol. The maximum absolute atomic E-state index is 11.9. The van der Waals surface area contributed by atoms with Crippen molar-refractivity contribution >= 4 is 23.4 Å². The van der Waals surface area contributed by atoms with Crippen molar-refractivity contribution in [2.24, 2.45) is 0 Å². The molecular formula is C12H19ClF3N5O3. The Morgan fingerprint density at radius 2 is 1.79 bits per heavy atom. The molecule has 0 spiro atoms. The first-order valence-corrected chi connectivity index (χ1v) is 7.20. The number of nitrogens with zero attached hydrogens (tertiary/aromatic N) is 3. The van der Waals surface area contributed by atoms with Gasteiger partial charge in [-0.15, -0.1) is 10.2 Å². The molecule has 0 amide bonds. The number of ether oxygens (including phenoxy) is 2. The monoisotopic (exact) mass is 373 g/mol.